The maximum absolute atomic E-state index is 13.1. The number of methoxy groups -OCH3 is 1. The normalized spacial score (nSPS) is 26.4. The van der Waals surface area contributed by atoms with Crippen LogP contribution in [-0.4, -0.2) is 66.8 Å². The molecule has 3 heterocycles. The van der Waals surface area contributed by atoms with Gasteiger partial charge in [0.05, 0.1) is 24.4 Å². The molecule has 10 heteroatoms. The van der Waals surface area contributed by atoms with Crippen LogP contribution < -0.4 is 4.72 Å². The number of aromatic nitrogens is 3. The lowest BCUT2D eigenvalue weighted by atomic mass is 9.80. The maximum Gasteiger partial charge on any atom is 0.242 e. The molecule has 1 fully saturated rings. The van der Waals surface area contributed by atoms with Gasteiger partial charge in [-0.15, -0.1) is 0 Å². The number of nitrogens with one attached hydrogen (secondary N) is 1. The number of pyridine rings is 1. The molecule has 4 unspecified atom stereocenters. The van der Waals surface area contributed by atoms with Gasteiger partial charge in [-0.3, -0.25) is 5.01 Å². The van der Waals surface area contributed by atoms with Crippen LogP contribution in [0.5, 0.6) is 0 Å². The largest absolute Gasteiger partial charge is 0.380 e. The molecule has 2 aliphatic rings. The number of rotatable bonds is 6. The molecule has 30 heavy (non-hydrogen) atoms. The first kappa shape index (κ1) is 21.0. The van der Waals surface area contributed by atoms with Crippen LogP contribution in [0.2, 0.25) is 0 Å². The van der Waals surface area contributed by atoms with Crippen molar-refractivity contribution in [3.63, 3.8) is 0 Å². The van der Waals surface area contributed by atoms with E-state index in [1.807, 2.05) is 24.5 Å². The number of nitrogens with zero attached hydrogens (tertiary/aromatic N) is 5. The van der Waals surface area contributed by atoms with E-state index in [0.29, 0.717) is 11.7 Å². The Bertz CT molecular complexity index is 1020. The van der Waals surface area contributed by atoms with Crippen LogP contribution >= 0.6 is 0 Å². The summed E-state index contributed by atoms with van der Waals surface area (Å²) in [5.74, 6) is 1.13. The number of ether oxygens (including phenoxy) is 1. The number of hydrazone groups is 1. The molecule has 0 amide bonds. The first-order chi connectivity index (χ1) is 14.3. The standard InChI is InChI=1S/C20H28N6O3S/c1-13(2)15-10-23-26(12-15)18-8-6-16(11-21-18)30(27,28)24-19-17(29-4)7-5-14-9-22-25(3)20(14)19/h6,8-14,17,19-20,24H,5,7H2,1-4H3. The van der Waals surface area contributed by atoms with Gasteiger partial charge >= 0.3 is 0 Å². The van der Waals surface area contributed by atoms with E-state index in [0.717, 1.165) is 18.4 Å². The van der Waals surface area contributed by atoms with Gasteiger partial charge in [-0.25, -0.2) is 22.8 Å². The van der Waals surface area contributed by atoms with Gasteiger partial charge in [-0.1, -0.05) is 13.8 Å². The van der Waals surface area contributed by atoms with Crippen molar-refractivity contribution in [3.8, 4) is 5.82 Å². The molecule has 4 atom stereocenters. The minimum atomic E-state index is -3.78. The van der Waals surface area contributed by atoms with Gasteiger partial charge in [0.1, 0.15) is 4.90 Å². The Kier molecular flexibility index (Phi) is 5.65. The molecule has 4 rings (SSSR count). The van der Waals surface area contributed by atoms with Crippen LogP contribution in [0, 0.1) is 5.92 Å². The van der Waals surface area contributed by atoms with Gasteiger partial charge < -0.3 is 4.74 Å². The Morgan fingerprint density at radius 2 is 2.03 bits per heavy atom. The lowest BCUT2D eigenvalue weighted by Gasteiger charge is -2.41. The minimum absolute atomic E-state index is 0.0655. The minimum Gasteiger partial charge on any atom is -0.380 e. The summed E-state index contributed by atoms with van der Waals surface area (Å²) >= 11 is 0. The van der Waals surface area contributed by atoms with Crippen LogP contribution in [-0.2, 0) is 14.8 Å². The van der Waals surface area contributed by atoms with Gasteiger partial charge in [0.15, 0.2) is 5.82 Å². The first-order valence-electron chi connectivity index (χ1n) is 10.1. The third kappa shape index (κ3) is 3.86. The Balaban J connectivity index is 1.55. The predicted octanol–water partition coefficient (Wildman–Crippen LogP) is 1.76. The number of likely N-dealkylation sites (N-methyl/N-ethyl adjacent to an activating group) is 1. The molecule has 0 radical (unpaired) electrons. The van der Waals surface area contributed by atoms with Gasteiger partial charge in [0.25, 0.3) is 0 Å². The van der Waals surface area contributed by atoms with E-state index < -0.39 is 16.1 Å². The molecule has 0 spiro atoms. The summed E-state index contributed by atoms with van der Waals surface area (Å²) < 4.78 is 36.3. The second kappa shape index (κ2) is 8.09. The molecule has 162 valence electrons. The predicted molar refractivity (Wildman–Crippen MR) is 113 cm³/mol. The monoisotopic (exact) mass is 432 g/mol. The van der Waals surface area contributed by atoms with Crippen LogP contribution in [0.25, 0.3) is 5.82 Å². The highest BCUT2D eigenvalue weighted by Crippen LogP contribution is 2.33. The SMILES string of the molecule is COC1CCC2C=NN(C)C2C1NS(=O)(=O)c1ccc(-n2cc(C(C)C)cn2)nc1. The van der Waals surface area contributed by atoms with Crippen LogP contribution in [0.3, 0.4) is 0 Å². The topological polar surface area (TPSA) is 102 Å². The summed E-state index contributed by atoms with van der Waals surface area (Å²) in [5, 5.41) is 10.5. The number of hydrogen-bond acceptors (Lipinski definition) is 7. The summed E-state index contributed by atoms with van der Waals surface area (Å²) in [6.45, 7) is 4.18. The van der Waals surface area contributed by atoms with Gasteiger partial charge in [0, 0.05) is 38.7 Å². The van der Waals surface area contributed by atoms with Crippen molar-refractivity contribution in [2.75, 3.05) is 14.2 Å². The Morgan fingerprint density at radius 3 is 2.67 bits per heavy atom. The van der Waals surface area contributed by atoms with E-state index in [1.165, 1.54) is 6.20 Å². The smallest absolute Gasteiger partial charge is 0.242 e. The number of hydrogen-bond donors (Lipinski definition) is 1. The highest BCUT2D eigenvalue weighted by molar-refractivity contribution is 7.89. The molecule has 0 aromatic carbocycles. The lowest BCUT2D eigenvalue weighted by Crippen LogP contribution is -2.59. The van der Waals surface area contributed by atoms with Crippen molar-refractivity contribution in [2.24, 2.45) is 11.0 Å². The molecule has 0 saturated heterocycles. The summed E-state index contributed by atoms with van der Waals surface area (Å²) in [5.41, 5.74) is 1.09. The average Bonchev–Trinajstić information content (AvgIpc) is 3.36. The molecule has 0 bridgehead atoms. The highest BCUT2D eigenvalue weighted by Gasteiger charge is 2.45. The van der Waals surface area contributed by atoms with Crippen molar-refractivity contribution >= 4 is 16.2 Å². The van der Waals surface area contributed by atoms with Gasteiger partial charge in [0.2, 0.25) is 10.0 Å². The molecular weight excluding hydrogens is 404 g/mol. The fourth-order valence-electron chi connectivity index (χ4n) is 4.22. The third-order valence-electron chi connectivity index (χ3n) is 5.99. The molecule has 2 aromatic rings. The number of sulfonamides is 1. The Hall–Kier alpha value is -2.30. The fraction of sp³-hybridized carbons (Fsp3) is 0.550. The van der Waals surface area contributed by atoms with E-state index in [2.05, 4.69) is 33.8 Å². The van der Waals surface area contributed by atoms with Crippen LogP contribution in [0.1, 0.15) is 38.2 Å². The molecule has 1 aliphatic carbocycles. The second-order valence-corrected chi connectivity index (χ2v) is 9.93. The Labute approximate surface area is 177 Å². The zero-order chi connectivity index (χ0) is 21.5. The molecule has 1 aliphatic heterocycles. The molecular formula is C20H28N6O3S. The fourth-order valence-corrected chi connectivity index (χ4v) is 5.44. The summed E-state index contributed by atoms with van der Waals surface area (Å²) in [4.78, 5) is 4.43. The van der Waals surface area contributed by atoms with Crippen molar-refractivity contribution in [2.45, 2.75) is 55.7 Å². The van der Waals surface area contributed by atoms with Crippen molar-refractivity contribution in [1.82, 2.24) is 24.5 Å². The lowest BCUT2D eigenvalue weighted by molar-refractivity contribution is 0.00642. The van der Waals surface area contributed by atoms with E-state index in [4.69, 9.17) is 4.74 Å². The van der Waals surface area contributed by atoms with Gasteiger partial charge in [-0.05, 0) is 36.5 Å². The first-order valence-corrected chi connectivity index (χ1v) is 11.6. The Morgan fingerprint density at radius 1 is 1.23 bits per heavy atom. The van der Waals surface area contributed by atoms with Crippen LogP contribution in [0.4, 0.5) is 0 Å². The number of fused-ring (bicyclic) bond motifs is 1. The van der Waals surface area contributed by atoms with Crippen molar-refractivity contribution in [1.29, 1.82) is 0 Å². The van der Waals surface area contributed by atoms with E-state index in [1.54, 1.807) is 30.1 Å². The summed E-state index contributed by atoms with van der Waals surface area (Å²) in [7, 11) is -0.290. The van der Waals surface area contributed by atoms with E-state index in [-0.39, 0.29) is 23.0 Å². The maximum atomic E-state index is 13.1. The van der Waals surface area contributed by atoms with E-state index in [9.17, 15) is 8.42 Å². The van der Waals surface area contributed by atoms with Gasteiger partial charge in [-0.2, -0.15) is 10.2 Å². The van der Waals surface area contributed by atoms with E-state index >= 15 is 0 Å². The van der Waals surface area contributed by atoms with Crippen molar-refractivity contribution < 1.29 is 13.2 Å². The molecule has 2 aromatic heterocycles. The van der Waals surface area contributed by atoms with Crippen LogP contribution in [0.15, 0.2) is 40.7 Å². The molecule has 1 N–H and O–H groups in total. The van der Waals surface area contributed by atoms with Crippen molar-refractivity contribution in [3.05, 3.63) is 36.3 Å². The third-order valence-corrected chi connectivity index (χ3v) is 7.44. The zero-order valence-electron chi connectivity index (χ0n) is 17.6. The second-order valence-electron chi connectivity index (χ2n) is 8.22. The summed E-state index contributed by atoms with van der Waals surface area (Å²) in [6, 6.07) is 2.75. The zero-order valence-corrected chi connectivity index (χ0v) is 18.5. The molecule has 1 saturated carbocycles. The molecule has 9 nitrogen and oxygen atoms in total. The highest BCUT2D eigenvalue weighted by atomic mass is 32.2. The quantitative estimate of drug-likeness (QED) is 0.746. The average molecular weight is 433 g/mol. The summed E-state index contributed by atoms with van der Waals surface area (Å²) in [6.07, 6.45) is 8.46.